The Morgan fingerprint density at radius 2 is 2.50 bits per heavy atom. The zero-order chi connectivity index (χ0) is 10.6. The van der Waals surface area contributed by atoms with Gasteiger partial charge in [-0.25, -0.2) is 9.78 Å². The second kappa shape index (κ2) is 4.76. The molecule has 1 rings (SSSR count). The Morgan fingerprint density at radius 1 is 1.79 bits per heavy atom. The van der Waals surface area contributed by atoms with E-state index in [0.717, 1.165) is 0 Å². The average Bonchev–Trinajstić information content (AvgIpc) is 2.15. The molecule has 2 N–H and O–H groups in total. The van der Waals surface area contributed by atoms with Gasteiger partial charge in [-0.05, 0) is 22.0 Å². The SMILES string of the molecule is C=CCNc1ncc(C(=O)O)cc1Br. The number of carboxylic acids is 1. The van der Waals surface area contributed by atoms with Crippen LogP contribution in [0.1, 0.15) is 10.4 Å². The van der Waals surface area contributed by atoms with Crippen LogP contribution in [-0.2, 0) is 0 Å². The van der Waals surface area contributed by atoms with E-state index in [1.165, 1.54) is 12.3 Å². The summed E-state index contributed by atoms with van der Waals surface area (Å²) in [4.78, 5) is 14.5. The Balaban J connectivity index is 2.89. The second-order valence-electron chi connectivity index (χ2n) is 2.53. The molecule has 0 aliphatic carbocycles. The number of rotatable bonds is 4. The third-order valence-corrected chi connectivity index (χ3v) is 2.11. The van der Waals surface area contributed by atoms with E-state index in [-0.39, 0.29) is 5.56 Å². The zero-order valence-electron chi connectivity index (χ0n) is 7.33. The molecule has 1 aromatic rings. The monoisotopic (exact) mass is 256 g/mol. The summed E-state index contributed by atoms with van der Waals surface area (Å²) in [6, 6.07) is 1.50. The lowest BCUT2D eigenvalue weighted by Crippen LogP contribution is -2.03. The summed E-state index contributed by atoms with van der Waals surface area (Å²) >= 11 is 3.22. The Kier molecular flexibility index (Phi) is 3.64. The van der Waals surface area contributed by atoms with Gasteiger partial charge in [0, 0.05) is 12.7 Å². The molecule has 0 unspecified atom stereocenters. The lowest BCUT2D eigenvalue weighted by Gasteiger charge is -2.05. The van der Waals surface area contributed by atoms with Crippen LogP contribution in [-0.4, -0.2) is 22.6 Å². The van der Waals surface area contributed by atoms with Crippen molar-refractivity contribution in [2.45, 2.75) is 0 Å². The maximum absolute atomic E-state index is 10.6. The number of carboxylic acid groups (broad SMARTS) is 1. The number of pyridine rings is 1. The quantitative estimate of drug-likeness (QED) is 0.811. The highest BCUT2D eigenvalue weighted by Crippen LogP contribution is 2.20. The highest BCUT2D eigenvalue weighted by atomic mass is 79.9. The number of hydrogen-bond acceptors (Lipinski definition) is 3. The predicted molar refractivity (Wildman–Crippen MR) is 57.6 cm³/mol. The molecule has 0 saturated carbocycles. The molecule has 5 heteroatoms. The molecule has 1 aromatic heterocycles. The minimum absolute atomic E-state index is 0.154. The summed E-state index contributed by atoms with van der Waals surface area (Å²) in [5.74, 6) is -0.386. The van der Waals surface area contributed by atoms with Crippen LogP contribution >= 0.6 is 15.9 Å². The second-order valence-corrected chi connectivity index (χ2v) is 3.38. The van der Waals surface area contributed by atoms with Gasteiger partial charge in [-0.2, -0.15) is 0 Å². The third-order valence-electron chi connectivity index (χ3n) is 1.50. The van der Waals surface area contributed by atoms with Gasteiger partial charge in [0.05, 0.1) is 10.0 Å². The molecule has 0 aliphatic rings. The number of halogens is 1. The van der Waals surface area contributed by atoms with Crippen molar-refractivity contribution in [3.8, 4) is 0 Å². The van der Waals surface area contributed by atoms with Gasteiger partial charge in [-0.15, -0.1) is 6.58 Å². The Bertz CT molecular complexity index is 366. The number of nitrogens with one attached hydrogen (secondary N) is 1. The van der Waals surface area contributed by atoms with Gasteiger partial charge in [0.25, 0.3) is 0 Å². The summed E-state index contributed by atoms with van der Waals surface area (Å²) < 4.78 is 0.624. The third kappa shape index (κ3) is 2.56. The largest absolute Gasteiger partial charge is 0.478 e. The van der Waals surface area contributed by atoms with Crippen molar-refractivity contribution in [3.63, 3.8) is 0 Å². The summed E-state index contributed by atoms with van der Waals surface area (Å²) in [7, 11) is 0. The Labute approximate surface area is 89.8 Å². The van der Waals surface area contributed by atoms with E-state index < -0.39 is 5.97 Å². The van der Waals surface area contributed by atoms with Crippen LogP contribution in [0.25, 0.3) is 0 Å². The normalized spacial score (nSPS) is 9.50. The van der Waals surface area contributed by atoms with Crippen molar-refractivity contribution in [1.82, 2.24) is 4.98 Å². The van der Waals surface area contributed by atoms with E-state index in [4.69, 9.17) is 5.11 Å². The Morgan fingerprint density at radius 3 is 3.00 bits per heavy atom. The van der Waals surface area contributed by atoms with E-state index in [1.54, 1.807) is 6.08 Å². The first kappa shape index (κ1) is 10.7. The molecular formula is C9H9BrN2O2. The van der Waals surface area contributed by atoms with Gasteiger partial charge in [0.15, 0.2) is 0 Å². The molecule has 1 heterocycles. The Hall–Kier alpha value is -1.36. The maximum atomic E-state index is 10.6. The van der Waals surface area contributed by atoms with Crippen molar-refractivity contribution >= 4 is 27.7 Å². The molecule has 0 fully saturated rings. The van der Waals surface area contributed by atoms with Crippen LogP contribution in [0.4, 0.5) is 5.82 Å². The van der Waals surface area contributed by atoms with Crippen molar-refractivity contribution < 1.29 is 9.90 Å². The van der Waals surface area contributed by atoms with Crippen LogP contribution in [0.3, 0.4) is 0 Å². The van der Waals surface area contributed by atoms with E-state index in [9.17, 15) is 4.79 Å². The topological polar surface area (TPSA) is 62.2 Å². The van der Waals surface area contributed by atoms with Gasteiger partial charge >= 0.3 is 5.97 Å². The summed E-state index contributed by atoms with van der Waals surface area (Å²) in [6.07, 6.45) is 3.00. The molecule has 0 spiro atoms. The van der Waals surface area contributed by atoms with Crippen LogP contribution in [0.5, 0.6) is 0 Å². The lowest BCUT2D eigenvalue weighted by molar-refractivity contribution is 0.0696. The smallest absolute Gasteiger partial charge is 0.337 e. The summed E-state index contributed by atoms with van der Waals surface area (Å²) in [6.45, 7) is 4.13. The summed E-state index contributed by atoms with van der Waals surface area (Å²) in [5.41, 5.74) is 0.154. The average molecular weight is 257 g/mol. The number of nitrogens with zero attached hydrogens (tertiary/aromatic N) is 1. The number of aromatic nitrogens is 1. The first-order valence-corrected chi connectivity index (χ1v) is 4.68. The van der Waals surface area contributed by atoms with Crippen LogP contribution in [0, 0.1) is 0 Å². The lowest BCUT2D eigenvalue weighted by atomic mass is 10.3. The highest BCUT2D eigenvalue weighted by molar-refractivity contribution is 9.10. The molecule has 0 aromatic carbocycles. The first-order chi connectivity index (χ1) is 6.65. The molecule has 4 nitrogen and oxygen atoms in total. The molecule has 14 heavy (non-hydrogen) atoms. The van der Waals surface area contributed by atoms with E-state index in [1.807, 2.05) is 0 Å². The first-order valence-electron chi connectivity index (χ1n) is 3.88. The fourth-order valence-corrected chi connectivity index (χ4v) is 1.34. The van der Waals surface area contributed by atoms with Gasteiger partial charge in [-0.1, -0.05) is 6.08 Å². The standard InChI is InChI=1S/C9H9BrN2O2/c1-2-3-11-8-7(10)4-6(5-12-8)9(13)14/h2,4-5H,1,3H2,(H,11,12)(H,13,14). The molecule has 74 valence electrons. The zero-order valence-corrected chi connectivity index (χ0v) is 8.91. The molecule has 0 atom stereocenters. The number of aromatic carboxylic acids is 1. The summed E-state index contributed by atoms with van der Waals surface area (Å²) in [5, 5.41) is 11.6. The minimum atomic E-state index is -0.992. The van der Waals surface area contributed by atoms with Crippen molar-refractivity contribution in [1.29, 1.82) is 0 Å². The van der Waals surface area contributed by atoms with Crippen LogP contribution in [0.15, 0.2) is 29.4 Å². The molecule has 0 amide bonds. The number of anilines is 1. The molecular weight excluding hydrogens is 248 g/mol. The predicted octanol–water partition coefficient (Wildman–Crippen LogP) is 2.14. The molecule has 0 radical (unpaired) electrons. The van der Waals surface area contributed by atoms with Crippen molar-refractivity contribution in [2.75, 3.05) is 11.9 Å². The van der Waals surface area contributed by atoms with E-state index >= 15 is 0 Å². The van der Waals surface area contributed by atoms with E-state index in [0.29, 0.717) is 16.8 Å². The van der Waals surface area contributed by atoms with Gasteiger partial charge in [-0.3, -0.25) is 0 Å². The highest BCUT2D eigenvalue weighted by Gasteiger charge is 2.06. The number of carbonyl (C=O) groups is 1. The minimum Gasteiger partial charge on any atom is -0.478 e. The fourth-order valence-electron chi connectivity index (χ4n) is 0.854. The van der Waals surface area contributed by atoms with Crippen molar-refractivity contribution in [3.05, 3.63) is 35.0 Å². The van der Waals surface area contributed by atoms with Gasteiger partial charge < -0.3 is 10.4 Å². The van der Waals surface area contributed by atoms with Gasteiger partial charge in [0.2, 0.25) is 0 Å². The molecule has 0 aliphatic heterocycles. The fraction of sp³-hybridized carbons (Fsp3) is 0.111. The maximum Gasteiger partial charge on any atom is 0.337 e. The molecule has 0 saturated heterocycles. The van der Waals surface area contributed by atoms with Gasteiger partial charge in [0.1, 0.15) is 5.82 Å². The molecule has 0 bridgehead atoms. The van der Waals surface area contributed by atoms with Crippen molar-refractivity contribution in [2.24, 2.45) is 0 Å². The van der Waals surface area contributed by atoms with Crippen LogP contribution in [0.2, 0.25) is 0 Å². The number of hydrogen-bond donors (Lipinski definition) is 2. The van der Waals surface area contributed by atoms with Crippen LogP contribution < -0.4 is 5.32 Å². The van der Waals surface area contributed by atoms with E-state index in [2.05, 4.69) is 32.8 Å².